The lowest BCUT2D eigenvalue weighted by Gasteiger charge is -2.41. The van der Waals surface area contributed by atoms with Crippen molar-refractivity contribution in [2.75, 3.05) is 11.9 Å². The molecule has 0 bridgehead atoms. The van der Waals surface area contributed by atoms with E-state index in [9.17, 15) is 9.50 Å². The lowest BCUT2D eigenvalue weighted by atomic mass is 9.69. The zero-order chi connectivity index (χ0) is 20.4. The number of hydrogen-bond donors (Lipinski definition) is 3. The number of hydrogen-bond acceptors (Lipinski definition) is 5. The number of rotatable bonds is 6. The van der Waals surface area contributed by atoms with Crippen LogP contribution in [0.4, 0.5) is 10.2 Å². The molecule has 4 rings (SSSR count). The summed E-state index contributed by atoms with van der Waals surface area (Å²) in [5.41, 5.74) is 1.37. The minimum absolute atomic E-state index is 0.00321. The predicted molar refractivity (Wildman–Crippen MR) is 112 cm³/mol. The van der Waals surface area contributed by atoms with Crippen LogP contribution in [-0.4, -0.2) is 37.7 Å². The molecular formula is C21H25ClFN5O. The Bertz CT molecular complexity index is 1000. The molecular weight excluding hydrogens is 393 g/mol. The average Bonchev–Trinajstić information content (AvgIpc) is 3.13. The Labute approximate surface area is 173 Å². The number of aliphatic hydroxyl groups is 1. The molecule has 154 valence electrons. The van der Waals surface area contributed by atoms with Gasteiger partial charge in [0.15, 0.2) is 17.5 Å². The lowest BCUT2D eigenvalue weighted by molar-refractivity contribution is 0.153. The molecule has 3 N–H and O–H groups in total. The second-order valence-electron chi connectivity index (χ2n) is 8.07. The molecule has 3 heterocycles. The first-order valence-electron chi connectivity index (χ1n) is 10.0. The smallest absolute Gasteiger partial charge is 0.183 e. The van der Waals surface area contributed by atoms with Gasteiger partial charge in [-0.05, 0) is 30.7 Å². The molecule has 29 heavy (non-hydrogen) atoms. The molecule has 0 radical (unpaired) electrons. The minimum Gasteiger partial charge on any atom is -0.396 e. The molecule has 0 saturated heterocycles. The minimum atomic E-state index is -0.507. The molecule has 6 nitrogen and oxygen atoms in total. The van der Waals surface area contributed by atoms with Gasteiger partial charge in [-0.1, -0.05) is 37.8 Å². The van der Waals surface area contributed by atoms with Gasteiger partial charge in [-0.3, -0.25) is 0 Å². The summed E-state index contributed by atoms with van der Waals surface area (Å²) in [6, 6.07) is 1.72. The molecule has 1 saturated carbocycles. The highest BCUT2D eigenvalue weighted by atomic mass is 35.5. The van der Waals surface area contributed by atoms with Crippen LogP contribution < -0.4 is 5.32 Å². The van der Waals surface area contributed by atoms with E-state index >= 15 is 0 Å². The van der Waals surface area contributed by atoms with Crippen molar-refractivity contribution in [3.05, 3.63) is 35.5 Å². The number of aromatic nitrogens is 4. The van der Waals surface area contributed by atoms with Crippen LogP contribution >= 0.6 is 11.6 Å². The van der Waals surface area contributed by atoms with Crippen molar-refractivity contribution >= 4 is 28.5 Å². The number of aromatic amines is 1. The molecule has 0 aliphatic heterocycles. The zero-order valence-electron chi connectivity index (χ0n) is 16.4. The SMILES string of the molecule is CC1(C(CCO)Nc2nc(-c3c[nH]c4ncc(Cl)cc34)ncc2F)CCCCC1. The molecule has 8 heteroatoms. The van der Waals surface area contributed by atoms with Crippen LogP contribution in [0.1, 0.15) is 45.4 Å². The van der Waals surface area contributed by atoms with E-state index in [-0.39, 0.29) is 23.9 Å². The maximum atomic E-state index is 14.6. The first kappa shape index (κ1) is 20.0. The van der Waals surface area contributed by atoms with Crippen LogP contribution in [0.5, 0.6) is 0 Å². The van der Waals surface area contributed by atoms with Gasteiger partial charge in [0.25, 0.3) is 0 Å². The van der Waals surface area contributed by atoms with Crippen molar-refractivity contribution in [1.82, 2.24) is 19.9 Å². The summed E-state index contributed by atoms with van der Waals surface area (Å²) in [5.74, 6) is 0.0393. The standard InChI is InChI=1S/C21H25ClFN5O/c1-21(6-3-2-4-7-21)17(5-8-29)27-20-16(23)12-26-19(28-20)15-11-25-18-14(15)9-13(22)10-24-18/h9-12,17,29H,2-8H2,1H3,(H,24,25)(H,26,27,28). The third-order valence-corrected chi connectivity index (χ3v) is 6.26. The van der Waals surface area contributed by atoms with Crippen LogP contribution in [-0.2, 0) is 0 Å². The highest BCUT2D eigenvalue weighted by molar-refractivity contribution is 6.31. The van der Waals surface area contributed by atoms with Crippen molar-refractivity contribution < 1.29 is 9.50 Å². The fourth-order valence-electron chi connectivity index (χ4n) is 4.36. The van der Waals surface area contributed by atoms with Gasteiger partial charge < -0.3 is 15.4 Å². The molecule has 0 aromatic carbocycles. The number of halogens is 2. The van der Waals surface area contributed by atoms with E-state index in [4.69, 9.17) is 11.6 Å². The van der Waals surface area contributed by atoms with Crippen LogP contribution in [0.25, 0.3) is 22.4 Å². The Morgan fingerprint density at radius 3 is 2.83 bits per heavy atom. The van der Waals surface area contributed by atoms with Crippen LogP contribution in [0, 0.1) is 11.2 Å². The number of aliphatic hydroxyl groups excluding tert-OH is 1. The lowest BCUT2D eigenvalue weighted by Crippen LogP contribution is -2.41. The number of nitrogens with zero attached hydrogens (tertiary/aromatic N) is 3. The number of nitrogens with one attached hydrogen (secondary N) is 2. The van der Waals surface area contributed by atoms with E-state index in [1.54, 1.807) is 18.5 Å². The molecule has 1 aliphatic rings. The Morgan fingerprint density at radius 2 is 2.07 bits per heavy atom. The van der Waals surface area contributed by atoms with E-state index in [2.05, 4.69) is 32.2 Å². The highest BCUT2D eigenvalue weighted by Gasteiger charge is 2.35. The summed E-state index contributed by atoms with van der Waals surface area (Å²) >= 11 is 6.08. The van der Waals surface area contributed by atoms with Gasteiger partial charge in [-0.25, -0.2) is 19.3 Å². The van der Waals surface area contributed by atoms with Gasteiger partial charge in [-0.15, -0.1) is 0 Å². The summed E-state index contributed by atoms with van der Waals surface area (Å²) in [7, 11) is 0. The van der Waals surface area contributed by atoms with Gasteiger partial charge in [0, 0.05) is 36.0 Å². The molecule has 3 aromatic rings. The van der Waals surface area contributed by atoms with Crippen LogP contribution in [0.3, 0.4) is 0 Å². The van der Waals surface area contributed by atoms with Crippen LogP contribution in [0.15, 0.2) is 24.7 Å². The molecule has 1 aliphatic carbocycles. The van der Waals surface area contributed by atoms with E-state index in [1.165, 1.54) is 12.6 Å². The van der Waals surface area contributed by atoms with Crippen LogP contribution in [0.2, 0.25) is 5.02 Å². The fraction of sp³-hybridized carbons (Fsp3) is 0.476. The van der Waals surface area contributed by atoms with Crippen molar-refractivity contribution in [2.45, 2.75) is 51.5 Å². The maximum Gasteiger partial charge on any atom is 0.183 e. The molecule has 1 unspecified atom stereocenters. The molecule has 1 atom stereocenters. The van der Waals surface area contributed by atoms with Gasteiger partial charge >= 0.3 is 0 Å². The summed E-state index contributed by atoms with van der Waals surface area (Å²) in [6.07, 6.45) is 10.7. The normalized spacial score (nSPS) is 17.4. The second-order valence-corrected chi connectivity index (χ2v) is 8.50. The monoisotopic (exact) mass is 417 g/mol. The highest BCUT2D eigenvalue weighted by Crippen LogP contribution is 2.41. The van der Waals surface area contributed by atoms with Crippen molar-refractivity contribution in [3.63, 3.8) is 0 Å². The molecule has 1 fully saturated rings. The van der Waals surface area contributed by atoms with Gasteiger partial charge in [0.1, 0.15) is 5.65 Å². The third kappa shape index (κ3) is 4.07. The largest absolute Gasteiger partial charge is 0.396 e. The van der Waals surface area contributed by atoms with Gasteiger partial charge in [0.2, 0.25) is 0 Å². The zero-order valence-corrected chi connectivity index (χ0v) is 17.1. The quantitative estimate of drug-likeness (QED) is 0.528. The van der Waals surface area contributed by atoms with E-state index in [1.807, 2.05) is 0 Å². The first-order chi connectivity index (χ1) is 14.0. The van der Waals surface area contributed by atoms with Crippen molar-refractivity contribution in [3.8, 4) is 11.4 Å². The maximum absolute atomic E-state index is 14.6. The summed E-state index contributed by atoms with van der Waals surface area (Å²) in [6.45, 7) is 2.26. The average molecular weight is 418 g/mol. The summed E-state index contributed by atoms with van der Waals surface area (Å²) < 4.78 is 14.6. The van der Waals surface area contributed by atoms with E-state index < -0.39 is 5.82 Å². The Balaban J connectivity index is 1.68. The summed E-state index contributed by atoms with van der Waals surface area (Å²) in [4.78, 5) is 16.0. The van der Waals surface area contributed by atoms with Crippen molar-refractivity contribution in [1.29, 1.82) is 0 Å². The predicted octanol–water partition coefficient (Wildman–Crippen LogP) is 4.95. The number of H-pyrrole nitrogens is 1. The second kappa shape index (κ2) is 8.24. The number of fused-ring (bicyclic) bond motifs is 1. The third-order valence-electron chi connectivity index (χ3n) is 6.05. The molecule has 3 aromatic heterocycles. The van der Waals surface area contributed by atoms with Gasteiger partial charge in [0.05, 0.1) is 11.2 Å². The topological polar surface area (TPSA) is 86.7 Å². The van der Waals surface area contributed by atoms with Crippen molar-refractivity contribution in [2.24, 2.45) is 5.41 Å². The number of pyridine rings is 1. The van der Waals surface area contributed by atoms with E-state index in [0.29, 0.717) is 28.5 Å². The molecule has 0 spiro atoms. The Hall–Kier alpha value is -2.25. The first-order valence-corrected chi connectivity index (χ1v) is 10.4. The Kier molecular flexibility index (Phi) is 5.69. The number of anilines is 1. The van der Waals surface area contributed by atoms with E-state index in [0.717, 1.165) is 31.1 Å². The summed E-state index contributed by atoms with van der Waals surface area (Å²) in [5, 5.41) is 14.2. The molecule has 0 amide bonds. The fourth-order valence-corrected chi connectivity index (χ4v) is 4.52. The Morgan fingerprint density at radius 1 is 1.28 bits per heavy atom. The van der Waals surface area contributed by atoms with Gasteiger partial charge in [-0.2, -0.15) is 0 Å².